The lowest BCUT2D eigenvalue weighted by Crippen LogP contribution is -2.13. The Kier molecular flexibility index (Phi) is 2.78. The molecular weight excluding hydrogens is 226 g/mol. The number of amides is 1. The predicted octanol–water partition coefficient (Wildman–Crippen LogP) is 0.637. The summed E-state index contributed by atoms with van der Waals surface area (Å²) < 4.78 is 0. The minimum atomic E-state index is -0.568. The zero-order valence-corrected chi connectivity index (χ0v) is 8.99. The van der Waals surface area contributed by atoms with Crippen molar-refractivity contribution >= 4 is 23.4 Å². The number of hydrogen-bond donors (Lipinski definition) is 3. The molecule has 2 heterocycles. The number of carbonyl (C=O) groups excluding carboxylic acids is 1. The topological polar surface area (TPSA) is 111 Å². The molecular formula is C9H9N5OS. The van der Waals surface area contributed by atoms with E-state index >= 15 is 0 Å². The molecule has 0 aliphatic rings. The van der Waals surface area contributed by atoms with Crippen molar-refractivity contribution in [1.82, 2.24) is 15.0 Å². The molecule has 0 bridgehead atoms. The van der Waals surface area contributed by atoms with Crippen molar-refractivity contribution in [3.05, 3.63) is 30.2 Å². The van der Waals surface area contributed by atoms with Crippen molar-refractivity contribution in [3.8, 4) is 0 Å². The number of nitrogens with two attached hydrogens (primary N) is 2. The number of primary amides is 1. The van der Waals surface area contributed by atoms with Crippen LogP contribution in [0.5, 0.6) is 0 Å². The molecule has 0 atom stereocenters. The number of aromatic amines is 1. The second-order valence-corrected chi connectivity index (χ2v) is 3.98. The lowest BCUT2D eigenvalue weighted by atomic mass is 10.2. The maximum absolute atomic E-state index is 11.1. The van der Waals surface area contributed by atoms with Gasteiger partial charge >= 0.3 is 0 Å². The molecule has 1 amide bonds. The lowest BCUT2D eigenvalue weighted by Gasteiger charge is -2.03. The Balaban J connectivity index is 2.29. The van der Waals surface area contributed by atoms with E-state index in [-0.39, 0.29) is 11.3 Å². The Morgan fingerprint density at radius 3 is 2.88 bits per heavy atom. The third-order valence-corrected chi connectivity index (χ3v) is 2.70. The summed E-state index contributed by atoms with van der Waals surface area (Å²) in [6, 6.07) is 1.55. The van der Waals surface area contributed by atoms with Crippen LogP contribution in [-0.4, -0.2) is 20.9 Å². The van der Waals surface area contributed by atoms with Crippen LogP contribution in [0.2, 0.25) is 0 Å². The van der Waals surface area contributed by atoms with Crippen LogP contribution in [0, 0.1) is 0 Å². The molecule has 0 spiro atoms. The standard InChI is InChI=1S/C9H9N5OS/c10-6-4-14-7(3-5(6)8(11)15)16-9-12-1-2-13-9/h1-4H,10H2,(H2,11,15)(H,12,13). The van der Waals surface area contributed by atoms with Crippen LogP contribution in [-0.2, 0) is 0 Å². The number of hydrogen-bond acceptors (Lipinski definition) is 5. The number of aromatic nitrogens is 3. The zero-order chi connectivity index (χ0) is 11.5. The number of pyridine rings is 1. The van der Waals surface area contributed by atoms with Crippen LogP contribution in [0.25, 0.3) is 0 Å². The van der Waals surface area contributed by atoms with Gasteiger partial charge in [0.1, 0.15) is 5.03 Å². The summed E-state index contributed by atoms with van der Waals surface area (Å²) in [7, 11) is 0. The third-order valence-electron chi connectivity index (χ3n) is 1.85. The second-order valence-electron chi connectivity index (χ2n) is 2.97. The highest BCUT2D eigenvalue weighted by Gasteiger charge is 2.09. The van der Waals surface area contributed by atoms with E-state index in [1.54, 1.807) is 18.5 Å². The van der Waals surface area contributed by atoms with Crippen molar-refractivity contribution in [3.63, 3.8) is 0 Å². The van der Waals surface area contributed by atoms with Gasteiger partial charge in [-0.05, 0) is 17.8 Å². The minimum absolute atomic E-state index is 0.268. The second kappa shape index (κ2) is 4.23. The van der Waals surface area contributed by atoms with Crippen LogP contribution < -0.4 is 11.5 Å². The summed E-state index contributed by atoms with van der Waals surface area (Å²) in [6.07, 6.45) is 4.74. The average molecular weight is 235 g/mol. The summed E-state index contributed by atoms with van der Waals surface area (Å²) in [5.41, 5.74) is 11.3. The van der Waals surface area contributed by atoms with Gasteiger partial charge in [0.05, 0.1) is 17.4 Å². The number of nitrogens with one attached hydrogen (secondary N) is 1. The van der Waals surface area contributed by atoms with E-state index in [4.69, 9.17) is 11.5 Å². The van der Waals surface area contributed by atoms with Gasteiger partial charge in [0.2, 0.25) is 0 Å². The van der Waals surface area contributed by atoms with Gasteiger partial charge in [-0.25, -0.2) is 9.97 Å². The molecule has 16 heavy (non-hydrogen) atoms. The van der Waals surface area contributed by atoms with Crippen molar-refractivity contribution in [2.75, 3.05) is 5.73 Å². The lowest BCUT2D eigenvalue weighted by molar-refractivity contribution is 0.100. The molecule has 82 valence electrons. The summed E-state index contributed by atoms with van der Waals surface area (Å²) in [4.78, 5) is 22.1. The van der Waals surface area contributed by atoms with Gasteiger partial charge in [-0.1, -0.05) is 0 Å². The Labute approximate surface area is 95.5 Å². The van der Waals surface area contributed by atoms with Gasteiger partial charge < -0.3 is 16.5 Å². The highest BCUT2D eigenvalue weighted by Crippen LogP contribution is 2.24. The SMILES string of the molecule is NC(=O)c1cc(Sc2ncc[nH]2)ncc1N. The Morgan fingerprint density at radius 2 is 2.25 bits per heavy atom. The first-order chi connectivity index (χ1) is 7.66. The first-order valence-corrected chi connectivity index (χ1v) is 5.21. The van der Waals surface area contributed by atoms with Crippen molar-refractivity contribution in [2.45, 2.75) is 10.2 Å². The van der Waals surface area contributed by atoms with E-state index in [0.29, 0.717) is 10.2 Å². The maximum Gasteiger partial charge on any atom is 0.250 e. The van der Waals surface area contributed by atoms with Crippen LogP contribution in [0.4, 0.5) is 5.69 Å². The van der Waals surface area contributed by atoms with Gasteiger partial charge in [0, 0.05) is 12.4 Å². The monoisotopic (exact) mass is 235 g/mol. The molecule has 0 saturated heterocycles. The normalized spacial score (nSPS) is 10.2. The molecule has 5 N–H and O–H groups in total. The fourth-order valence-electron chi connectivity index (χ4n) is 1.12. The molecule has 0 aliphatic heterocycles. The van der Waals surface area contributed by atoms with E-state index < -0.39 is 5.91 Å². The van der Waals surface area contributed by atoms with Crippen LogP contribution >= 0.6 is 11.8 Å². The number of rotatable bonds is 3. The van der Waals surface area contributed by atoms with Crippen molar-refractivity contribution in [2.24, 2.45) is 5.73 Å². The first-order valence-electron chi connectivity index (χ1n) is 4.39. The minimum Gasteiger partial charge on any atom is -0.397 e. The Hall–Kier alpha value is -2.02. The molecule has 2 aromatic heterocycles. The summed E-state index contributed by atoms with van der Waals surface area (Å²) >= 11 is 1.29. The number of nitrogen functional groups attached to an aromatic ring is 1. The maximum atomic E-state index is 11.1. The molecule has 0 radical (unpaired) electrons. The molecule has 0 aromatic carbocycles. The van der Waals surface area contributed by atoms with Gasteiger partial charge in [0.15, 0.2) is 5.16 Å². The fraction of sp³-hybridized carbons (Fsp3) is 0. The average Bonchev–Trinajstić information content (AvgIpc) is 2.73. The molecule has 2 rings (SSSR count). The zero-order valence-electron chi connectivity index (χ0n) is 8.18. The van der Waals surface area contributed by atoms with E-state index in [9.17, 15) is 4.79 Å². The highest BCUT2D eigenvalue weighted by molar-refractivity contribution is 7.99. The predicted molar refractivity (Wildman–Crippen MR) is 59.9 cm³/mol. The Bertz CT molecular complexity index is 511. The third kappa shape index (κ3) is 2.14. The van der Waals surface area contributed by atoms with Crippen molar-refractivity contribution in [1.29, 1.82) is 0 Å². The number of carbonyl (C=O) groups is 1. The molecule has 0 saturated carbocycles. The molecule has 6 nitrogen and oxygen atoms in total. The fourth-order valence-corrected chi connectivity index (χ4v) is 1.84. The van der Waals surface area contributed by atoms with Gasteiger partial charge in [-0.2, -0.15) is 0 Å². The van der Waals surface area contributed by atoms with E-state index in [0.717, 1.165) is 0 Å². The summed E-state index contributed by atoms with van der Waals surface area (Å²) in [5, 5.41) is 1.30. The summed E-state index contributed by atoms with van der Waals surface area (Å²) in [5.74, 6) is -0.568. The van der Waals surface area contributed by atoms with Crippen LogP contribution in [0.15, 0.2) is 34.8 Å². The van der Waals surface area contributed by atoms with Crippen molar-refractivity contribution < 1.29 is 4.79 Å². The van der Waals surface area contributed by atoms with Gasteiger partial charge in [-0.3, -0.25) is 4.79 Å². The molecule has 7 heteroatoms. The summed E-state index contributed by atoms with van der Waals surface area (Å²) in [6.45, 7) is 0. The Morgan fingerprint density at radius 1 is 1.44 bits per heavy atom. The quantitative estimate of drug-likeness (QED) is 0.722. The number of nitrogens with zero attached hydrogens (tertiary/aromatic N) is 2. The largest absolute Gasteiger partial charge is 0.397 e. The van der Waals surface area contributed by atoms with Crippen LogP contribution in [0.3, 0.4) is 0 Å². The number of anilines is 1. The smallest absolute Gasteiger partial charge is 0.250 e. The van der Waals surface area contributed by atoms with E-state index in [1.165, 1.54) is 18.0 Å². The molecule has 2 aromatic rings. The molecule has 0 unspecified atom stereocenters. The van der Waals surface area contributed by atoms with E-state index in [2.05, 4.69) is 15.0 Å². The van der Waals surface area contributed by atoms with Gasteiger partial charge in [0.25, 0.3) is 5.91 Å². The highest BCUT2D eigenvalue weighted by atomic mass is 32.2. The van der Waals surface area contributed by atoms with E-state index in [1.807, 2.05) is 0 Å². The van der Waals surface area contributed by atoms with Crippen LogP contribution in [0.1, 0.15) is 10.4 Å². The molecule has 0 fully saturated rings. The van der Waals surface area contributed by atoms with Gasteiger partial charge in [-0.15, -0.1) is 0 Å². The number of imidazole rings is 1. The molecule has 0 aliphatic carbocycles. The number of H-pyrrole nitrogens is 1. The first kappa shape index (κ1) is 10.5.